The molecule has 5 atom stereocenters. The summed E-state index contributed by atoms with van der Waals surface area (Å²) in [6, 6.07) is 0.674. The molecule has 0 unspecified atom stereocenters. The van der Waals surface area contributed by atoms with Crippen molar-refractivity contribution in [3.8, 4) is 5.88 Å². The highest BCUT2D eigenvalue weighted by Gasteiger charge is 2.41. The highest BCUT2D eigenvalue weighted by Crippen LogP contribution is 2.40. The molecule has 2 aromatic heterocycles. The number of carboxylic acids is 2. The molecule has 4 heterocycles. The molecule has 1 fully saturated rings. The molecule has 71 heavy (non-hydrogen) atoms. The number of carboxylic acid groups (broad SMARTS) is 2. The van der Waals surface area contributed by atoms with Gasteiger partial charge in [-0.15, -0.1) is 15.7 Å². The molecule has 0 radical (unpaired) electrons. The number of ether oxygens (including phenoxy) is 5. The van der Waals surface area contributed by atoms with Crippen LogP contribution in [0.3, 0.4) is 0 Å². The lowest BCUT2D eigenvalue weighted by Gasteiger charge is -2.32. The van der Waals surface area contributed by atoms with Gasteiger partial charge in [0.1, 0.15) is 21.1 Å². The van der Waals surface area contributed by atoms with E-state index in [1.165, 1.54) is 31.3 Å². The van der Waals surface area contributed by atoms with Gasteiger partial charge in [0.2, 0.25) is 11.7 Å². The number of carbonyl (C=O) groups excluding carboxylic acids is 5. The fourth-order valence-corrected chi connectivity index (χ4v) is 12.1. The van der Waals surface area contributed by atoms with Crippen molar-refractivity contribution in [3.05, 3.63) is 23.8 Å². The summed E-state index contributed by atoms with van der Waals surface area (Å²) >= 11 is 1.47. The minimum Gasteiger partial charge on any atom is -0.478 e. The van der Waals surface area contributed by atoms with E-state index in [9.17, 15) is 50.4 Å². The highest BCUT2D eigenvalue weighted by atomic mass is 32.3. The van der Waals surface area contributed by atoms with Gasteiger partial charge in [-0.25, -0.2) is 31.1 Å². The molecule has 25 nitrogen and oxygen atoms in total. The molecule has 2 aliphatic rings. The van der Waals surface area contributed by atoms with E-state index >= 15 is 0 Å². The number of nitrogens with one attached hydrogen (secondary N) is 3. The van der Waals surface area contributed by atoms with Gasteiger partial charge in [-0.3, -0.25) is 24.0 Å². The first kappa shape index (κ1) is 60.3. The van der Waals surface area contributed by atoms with Crippen LogP contribution in [0.1, 0.15) is 79.3 Å². The summed E-state index contributed by atoms with van der Waals surface area (Å²) in [6.07, 6.45) is -1.57. The summed E-state index contributed by atoms with van der Waals surface area (Å²) in [5.41, 5.74) is -0.0792. The predicted molar refractivity (Wildman–Crippen MR) is 255 cm³/mol. The van der Waals surface area contributed by atoms with Crippen molar-refractivity contribution >= 4 is 90.3 Å². The van der Waals surface area contributed by atoms with Crippen LogP contribution < -0.4 is 25.0 Å². The molecule has 5 N–H and O–H groups in total. The van der Waals surface area contributed by atoms with Crippen molar-refractivity contribution in [3.63, 3.8) is 0 Å². The molecule has 0 bridgehead atoms. The van der Waals surface area contributed by atoms with Crippen LogP contribution in [0.5, 0.6) is 5.88 Å². The number of carbonyl (C=O) groups is 7. The topological polar surface area (TPSA) is 343 Å². The summed E-state index contributed by atoms with van der Waals surface area (Å²) in [6.45, 7) is 14.7. The van der Waals surface area contributed by atoms with Crippen LogP contribution in [-0.2, 0) is 72.6 Å². The standard InChI is InChI=1S/C38H59N7O14S4.C4H4O4/c1-9-39-28-21-45(13-10-16-55-8)63(53,54)37-27(28)19-31(60-37)62(51,52)43-35(50)24(3)32(48)23(2)33(49)25(4)58-29(46)11-12-30(47)59-26(20-40-38(5,6)7)22-57-36-34(41-61-42-36)44-14-17-56-18-15-44;5-3(6)1-2-4(7)8/h19,23-26,28,39-40H,9-18,20-22H2,1-8H3,(H,43,50);1-2H,(H,5,6)(H,7,8)/b;2-1-/t23-,24+,25-,26-,28-;/m0./s1. The van der Waals surface area contributed by atoms with Crippen LogP contribution in [0.25, 0.3) is 0 Å². The first-order chi connectivity index (χ1) is 33.2. The number of sulfonamides is 2. The molecule has 0 aliphatic carbocycles. The van der Waals surface area contributed by atoms with E-state index in [4.69, 9.17) is 33.9 Å². The maximum Gasteiger partial charge on any atom is 0.328 e. The molecule has 398 valence electrons. The third kappa shape index (κ3) is 18.8. The monoisotopic (exact) mass is 1080 g/mol. The molecular formula is C42H63N7O18S4. The minimum absolute atomic E-state index is 0.0592. The van der Waals surface area contributed by atoms with Crippen LogP contribution in [0.2, 0.25) is 0 Å². The summed E-state index contributed by atoms with van der Waals surface area (Å²) < 4.78 is 92.1. The van der Waals surface area contributed by atoms with E-state index in [-0.39, 0.29) is 41.6 Å². The number of aliphatic carboxylic acids is 2. The fraction of sp³-hybridized carbons (Fsp3) is 0.643. The second-order valence-electron chi connectivity index (χ2n) is 17.0. The van der Waals surface area contributed by atoms with E-state index < -0.39 is 109 Å². The molecule has 1 saturated heterocycles. The Morgan fingerprint density at radius 2 is 1.58 bits per heavy atom. The number of nitrogens with zero attached hydrogens (tertiary/aromatic N) is 4. The Morgan fingerprint density at radius 1 is 0.958 bits per heavy atom. The van der Waals surface area contributed by atoms with Gasteiger partial charge in [-0.1, -0.05) is 6.92 Å². The number of Topliss-reactive ketones (excluding diaryl/α,β-unsaturated/α-hetero) is 2. The summed E-state index contributed by atoms with van der Waals surface area (Å²) in [4.78, 5) is 86.4. The normalized spacial score (nSPS) is 17.6. The Hall–Kier alpha value is -5.01. The number of ketones is 2. The maximum absolute atomic E-state index is 13.5. The van der Waals surface area contributed by atoms with Gasteiger partial charge in [0.25, 0.3) is 25.9 Å². The van der Waals surface area contributed by atoms with Crippen molar-refractivity contribution in [2.45, 2.75) is 99.9 Å². The van der Waals surface area contributed by atoms with Crippen LogP contribution in [-0.4, -0.2) is 172 Å². The Morgan fingerprint density at radius 3 is 2.15 bits per heavy atom. The van der Waals surface area contributed by atoms with Gasteiger partial charge in [0.05, 0.1) is 49.6 Å². The van der Waals surface area contributed by atoms with Crippen LogP contribution >= 0.6 is 23.1 Å². The number of rotatable bonds is 26. The summed E-state index contributed by atoms with van der Waals surface area (Å²) in [7, 11) is -7.24. The third-order valence-electron chi connectivity index (χ3n) is 10.3. The number of fused-ring (bicyclic) bond motifs is 1. The average molecular weight is 1080 g/mol. The zero-order chi connectivity index (χ0) is 53.3. The number of esters is 2. The Balaban J connectivity index is 0.00000153. The summed E-state index contributed by atoms with van der Waals surface area (Å²) in [5.74, 6) is -9.52. The Labute approximate surface area is 420 Å². The summed E-state index contributed by atoms with van der Waals surface area (Å²) in [5, 5.41) is 22.1. The average Bonchev–Trinajstić information content (AvgIpc) is 3.99. The number of likely N-dealkylation sites (N-methyl/N-ethyl adjacent to an activating group) is 1. The number of anilines is 1. The molecule has 2 aromatic rings. The van der Waals surface area contributed by atoms with Crippen molar-refractivity contribution in [1.82, 2.24) is 28.4 Å². The van der Waals surface area contributed by atoms with E-state index in [1.807, 2.05) is 37.3 Å². The number of thiophene rings is 1. The third-order valence-corrected chi connectivity index (χ3v) is 16.2. The largest absolute Gasteiger partial charge is 0.478 e. The maximum atomic E-state index is 13.5. The highest BCUT2D eigenvalue weighted by molar-refractivity contribution is 7.94. The molecule has 1 amide bonds. The Bertz CT molecular complexity index is 2420. The quantitative estimate of drug-likeness (QED) is 0.0382. The molecule has 2 aliphatic heterocycles. The van der Waals surface area contributed by atoms with Crippen LogP contribution in [0.15, 0.2) is 26.6 Å². The number of morpholine rings is 1. The van der Waals surface area contributed by atoms with Crippen molar-refractivity contribution in [2.24, 2.45) is 11.8 Å². The second-order valence-corrected chi connectivity index (χ2v) is 22.7. The zero-order valence-electron chi connectivity index (χ0n) is 40.7. The van der Waals surface area contributed by atoms with Gasteiger partial charge in [-0.2, -0.15) is 8.68 Å². The van der Waals surface area contributed by atoms with Crippen molar-refractivity contribution in [2.75, 3.05) is 77.7 Å². The first-order valence-electron chi connectivity index (χ1n) is 22.3. The number of methoxy groups -OCH3 is 1. The molecule has 0 saturated carbocycles. The van der Waals surface area contributed by atoms with E-state index in [0.29, 0.717) is 81.1 Å². The number of hydrogen-bond donors (Lipinski definition) is 5. The van der Waals surface area contributed by atoms with Crippen molar-refractivity contribution < 1.29 is 84.3 Å². The van der Waals surface area contributed by atoms with E-state index in [2.05, 4.69) is 19.4 Å². The van der Waals surface area contributed by atoms with Crippen LogP contribution in [0.4, 0.5) is 5.82 Å². The van der Waals surface area contributed by atoms with Gasteiger partial charge in [-0.05, 0) is 60.6 Å². The Kier molecular flexibility index (Phi) is 23.5. The molecule has 4 rings (SSSR count). The van der Waals surface area contributed by atoms with Crippen molar-refractivity contribution in [1.29, 1.82) is 0 Å². The lowest BCUT2D eigenvalue weighted by Crippen LogP contribution is -2.44. The number of aromatic nitrogens is 2. The minimum atomic E-state index is -4.67. The van der Waals surface area contributed by atoms with Gasteiger partial charge < -0.3 is 49.4 Å². The molecule has 0 spiro atoms. The molecule has 29 heteroatoms. The SMILES string of the molecule is CCN[C@H]1CN(CCCOC)S(=O)(=O)c2sc(S(=O)(=O)NC(=O)[C@H](C)C(=O)[C@H](C)C(=O)[C@H](C)OC(=O)CCC(=O)O[C@@H](CNC(C)(C)C)COc3nsnc3N3CCOCC3)cc21.O=C(O)/C=C\C(=O)O. The molecular weight excluding hydrogens is 1020 g/mol. The van der Waals surface area contributed by atoms with Crippen LogP contribution in [0, 0.1) is 11.8 Å². The predicted octanol–water partition coefficient (Wildman–Crippen LogP) is 1.15. The van der Waals surface area contributed by atoms with E-state index in [1.54, 1.807) is 0 Å². The van der Waals surface area contributed by atoms with Gasteiger partial charge >= 0.3 is 23.9 Å². The lowest BCUT2D eigenvalue weighted by atomic mass is 9.90. The fourth-order valence-electron chi connectivity index (χ4n) is 6.61. The first-order valence-corrected chi connectivity index (χ1v) is 26.8. The van der Waals surface area contributed by atoms with Gasteiger partial charge in [0, 0.05) is 75.7 Å². The zero-order valence-corrected chi connectivity index (χ0v) is 43.9. The smallest absolute Gasteiger partial charge is 0.328 e. The second kappa shape index (κ2) is 27.7. The number of hydrogen-bond acceptors (Lipinski definition) is 23. The lowest BCUT2D eigenvalue weighted by molar-refractivity contribution is -0.159. The van der Waals surface area contributed by atoms with E-state index in [0.717, 1.165) is 18.7 Å². The number of amides is 1. The molecule has 0 aromatic carbocycles. The van der Waals surface area contributed by atoms with Gasteiger partial charge in [0.15, 0.2) is 17.7 Å².